The van der Waals surface area contributed by atoms with Gasteiger partial charge >= 0.3 is 0 Å². The highest BCUT2D eigenvalue weighted by atomic mass is 35.5. The third-order valence-electron chi connectivity index (χ3n) is 4.18. The van der Waals surface area contributed by atoms with E-state index in [4.69, 9.17) is 16.3 Å². The molecule has 0 aliphatic heterocycles. The van der Waals surface area contributed by atoms with Gasteiger partial charge < -0.3 is 15.4 Å². The van der Waals surface area contributed by atoms with Crippen molar-refractivity contribution in [3.8, 4) is 5.75 Å². The zero-order chi connectivity index (χ0) is 20.4. The summed E-state index contributed by atoms with van der Waals surface area (Å²) >= 11 is 5.96. The number of nitrogens with zero attached hydrogens (tertiary/aromatic N) is 1. The van der Waals surface area contributed by atoms with Crippen LogP contribution < -0.4 is 15.4 Å². The van der Waals surface area contributed by atoms with E-state index in [9.17, 15) is 9.59 Å². The average Bonchev–Trinajstić information content (AvgIpc) is 2.68. The van der Waals surface area contributed by atoms with Crippen molar-refractivity contribution in [1.82, 2.24) is 10.2 Å². The lowest BCUT2D eigenvalue weighted by Crippen LogP contribution is -2.41. The van der Waals surface area contributed by atoms with Gasteiger partial charge in [0.25, 0.3) is 0 Å². The number of anilines is 1. The van der Waals surface area contributed by atoms with Gasteiger partial charge in [0.15, 0.2) is 0 Å². The van der Waals surface area contributed by atoms with Gasteiger partial charge in [-0.25, -0.2) is 0 Å². The van der Waals surface area contributed by atoms with Gasteiger partial charge in [-0.15, -0.1) is 0 Å². The molecule has 0 atom stereocenters. The molecule has 28 heavy (non-hydrogen) atoms. The number of rotatable bonds is 10. The summed E-state index contributed by atoms with van der Waals surface area (Å²) in [6.45, 7) is 3.35. The third-order valence-corrected chi connectivity index (χ3v) is 4.42. The molecule has 2 N–H and O–H groups in total. The zero-order valence-corrected chi connectivity index (χ0v) is 17.0. The van der Waals surface area contributed by atoms with E-state index in [0.29, 0.717) is 30.2 Å². The van der Waals surface area contributed by atoms with Gasteiger partial charge in [0, 0.05) is 17.3 Å². The molecule has 6 nitrogen and oxygen atoms in total. The number of nitrogens with one attached hydrogen (secondary N) is 2. The van der Waals surface area contributed by atoms with Crippen LogP contribution in [0.1, 0.15) is 12.5 Å². The molecule has 0 unspecified atom stereocenters. The highest BCUT2D eigenvalue weighted by Gasteiger charge is 2.13. The molecule has 2 amide bonds. The molecule has 150 valence electrons. The van der Waals surface area contributed by atoms with Crippen LogP contribution in [0.2, 0.25) is 5.02 Å². The normalized spacial score (nSPS) is 10.6. The van der Waals surface area contributed by atoms with Crippen molar-refractivity contribution in [2.45, 2.75) is 13.3 Å². The molecule has 0 aliphatic carbocycles. The predicted octanol–water partition coefficient (Wildman–Crippen LogP) is 2.97. The highest BCUT2D eigenvalue weighted by molar-refractivity contribution is 6.30. The predicted molar refractivity (Wildman–Crippen MR) is 112 cm³/mol. The lowest BCUT2D eigenvalue weighted by atomic mass is 10.1. The van der Waals surface area contributed by atoms with Crippen molar-refractivity contribution in [1.29, 1.82) is 0 Å². The van der Waals surface area contributed by atoms with Crippen LogP contribution in [-0.2, 0) is 16.0 Å². The van der Waals surface area contributed by atoms with E-state index in [1.165, 1.54) is 0 Å². The Labute approximate surface area is 170 Å². The fourth-order valence-electron chi connectivity index (χ4n) is 2.66. The minimum Gasteiger partial charge on any atom is -0.497 e. The van der Waals surface area contributed by atoms with Crippen molar-refractivity contribution in [2.75, 3.05) is 38.6 Å². The van der Waals surface area contributed by atoms with Gasteiger partial charge in [0.1, 0.15) is 5.75 Å². The van der Waals surface area contributed by atoms with Crippen LogP contribution in [0.5, 0.6) is 5.75 Å². The maximum Gasteiger partial charge on any atom is 0.238 e. The summed E-state index contributed by atoms with van der Waals surface area (Å²) < 4.78 is 5.09. The molecule has 2 aromatic carbocycles. The summed E-state index contributed by atoms with van der Waals surface area (Å²) in [5.74, 6) is 0.447. The number of halogens is 1. The fourth-order valence-corrected chi connectivity index (χ4v) is 2.87. The first-order valence-electron chi connectivity index (χ1n) is 9.17. The second kappa shape index (κ2) is 11.3. The van der Waals surface area contributed by atoms with E-state index < -0.39 is 0 Å². The number of methoxy groups -OCH3 is 1. The van der Waals surface area contributed by atoms with E-state index in [-0.39, 0.29) is 24.9 Å². The van der Waals surface area contributed by atoms with Crippen LogP contribution in [0.25, 0.3) is 0 Å². The first kappa shape index (κ1) is 21.7. The Morgan fingerprint density at radius 2 is 1.79 bits per heavy atom. The smallest absolute Gasteiger partial charge is 0.238 e. The molecule has 0 heterocycles. The first-order chi connectivity index (χ1) is 13.5. The quantitative estimate of drug-likeness (QED) is 0.639. The van der Waals surface area contributed by atoms with Crippen LogP contribution in [0, 0.1) is 0 Å². The molecule has 7 heteroatoms. The van der Waals surface area contributed by atoms with Gasteiger partial charge in [-0.3, -0.25) is 14.5 Å². The third kappa shape index (κ3) is 7.58. The molecule has 2 aromatic rings. The maximum absolute atomic E-state index is 12.2. The minimum absolute atomic E-state index is 0.110. The Balaban J connectivity index is 1.73. The Bertz CT molecular complexity index is 781. The zero-order valence-electron chi connectivity index (χ0n) is 16.2. The summed E-state index contributed by atoms with van der Waals surface area (Å²) in [6, 6.07) is 14.7. The van der Waals surface area contributed by atoms with Crippen molar-refractivity contribution in [3.05, 3.63) is 59.1 Å². The molecular weight excluding hydrogens is 378 g/mol. The topological polar surface area (TPSA) is 70.7 Å². The Kier molecular flexibility index (Phi) is 8.78. The van der Waals surface area contributed by atoms with Crippen LogP contribution in [0.3, 0.4) is 0 Å². The van der Waals surface area contributed by atoms with Gasteiger partial charge in [-0.05, 0) is 54.9 Å². The first-order valence-corrected chi connectivity index (χ1v) is 9.55. The molecule has 0 spiro atoms. The number of benzene rings is 2. The van der Waals surface area contributed by atoms with Crippen LogP contribution in [0.4, 0.5) is 5.69 Å². The summed E-state index contributed by atoms with van der Waals surface area (Å²) in [5, 5.41) is 6.39. The summed E-state index contributed by atoms with van der Waals surface area (Å²) in [4.78, 5) is 26.2. The molecule has 0 radical (unpaired) electrons. The molecular formula is C21H26ClN3O3. The highest BCUT2D eigenvalue weighted by Crippen LogP contribution is 2.15. The van der Waals surface area contributed by atoms with Gasteiger partial charge in [-0.1, -0.05) is 30.7 Å². The van der Waals surface area contributed by atoms with Gasteiger partial charge in [0.05, 0.1) is 20.2 Å². The Morgan fingerprint density at radius 1 is 1.07 bits per heavy atom. The number of amides is 2. The summed E-state index contributed by atoms with van der Waals surface area (Å²) in [7, 11) is 1.59. The van der Waals surface area contributed by atoms with E-state index in [1.807, 2.05) is 31.2 Å². The van der Waals surface area contributed by atoms with Crippen molar-refractivity contribution in [2.24, 2.45) is 0 Å². The molecule has 0 bridgehead atoms. The number of ether oxygens (including phenoxy) is 1. The number of hydrogen-bond donors (Lipinski definition) is 2. The van der Waals surface area contributed by atoms with Crippen LogP contribution in [0.15, 0.2) is 48.5 Å². The molecule has 0 aromatic heterocycles. The monoisotopic (exact) mass is 403 g/mol. The summed E-state index contributed by atoms with van der Waals surface area (Å²) in [5.41, 5.74) is 1.76. The van der Waals surface area contributed by atoms with Crippen LogP contribution >= 0.6 is 11.6 Å². The van der Waals surface area contributed by atoms with Gasteiger partial charge in [-0.2, -0.15) is 0 Å². The number of carbonyl (C=O) groups excluding carboxylic acids is 2. The fraction of sp³-hybridized carbons (Fsp3) is 0.333. The Morgan fingerprint density at radius 3 is 2.43 bits per heavy atom. The largest absolute Gasteiger partial charge is 0.497 e. The molecule has 0 aliphatic rings. The van der Waals surface area contributed by atoms with Gasteiger partial charge in [0.2, 0.25) is 11.8 Å². The Hall–Kier alpha value is -2.57. The molecule has 2 rings (SSSR count). The van der Waals surface area contributed by atoms with Crippen molar-refractivity contribution in [3.63, 3.8) is 0 Å². The minimum atomic E-state index is -0.168. The van der Waals surface area contributed by atoms with Crippen molar-refractivity contribution >= 4 is 29.1 Å². The second-order valence-corrected chi connectivity index (χ2v) is 6.75. The van der Waals surface area contributed by atoms with E-state index in [0.717, 1.165) is 11.3 Å². The van der Waals surface area contributed by atoms with Crippen molar-refractivity contribution < 1.29 is 14.3 Å². The second-order valence-electron chi connectivity index (χ2n) is 6.31. The molecule has 0 saturated carbocycles. The van der Waals surface area contributed by atoms with Crippen LogP contribution in [-0.4, -0.2) is 50.0 Å². The average molecular weight is 404 g/mol. The van der Waals surface area contributed by atoms with E-state index in [2.05, 4.69) is 10.6 Å². The lowest BCUT2D eigenvalue weighted by Gasteiger charge is -2.19. The molecule has 0 fully saturated rings. The summed E-state index contributed by atoms with van der Waals surface area (Å²) in [6.07, 6.45) is 0.705. The standard InChI is InChI=1S/C21H26ClN3O3/c1-3-25(15-21(27)24-18-7-9-19(28-2)10-8-18)14-20(26)23-12-11-16-5-4-6-17(22)13-16/h4-10,13H,3,11-12,14-15H2,1-2H3,(H,23,26)(H,24,27). The van der Waals surface area contributed by atoms with E-state index in [1.54, 1.807) is 36.3 Å². The SMILES string of the molecule is CCN(CC(=O)NCCc1cccc(Cl)c1)CC(=O)Nc1ccc(OC)cc1. The van der Waals surface area contributed by atoms with E-state index >= 15 is 0 Å². The number of hydrogen-bond acceptors (Lipinski definition) is 4. The number of likely N-dealkylation sites (N-methyl/N-ethyl adjacent to an activating group) is 1. The lowest BCUT2D eigenvalue weighted by molar-refractivity contribution is -0.123. The maximum atomic E-state index is 12.2. The number of carbonyl (C=O) groups is 2. The molecule has 0 saturated heterocycles.